The van der Waals surface area contributed by atoms with E-state index < -0.39 is 16.9 Å². The minimum atomic E-state index is -0.768. The van der Waals surface area contributed by atoms with E-state index in [2.05, 4.69) is 5.32 Å². The molecular weight excluding hydrogens is 434 g/mol. The van der Waals surface area contributed by atoms with Gasteiger partial charge >= 0.3 is 0 Å². The lowest BCUT2D eigenvalue weighted by Gasteiger charge is -2.31. The highest BCUT2D eigenvalue weighted by Gasteiger charge is 2.28. The molecule has 1 aliphatic rings. The van der Waals surface area contributed by atoms with Crippen molar-refractivity contribution < 1.29 is 24.0 Å². The molecule has 170 valence electrons. The number of nitrogens with one attached hydrogen (secondary N) is 1. The number of likely N-dealkylation sites (N-methyl/N-ethyl adjacent to an activating group) is 1. The number of para-hydroxylation sites is 2. The number of non-ortho nitro benzene ring substituents is 1. The zero-order chi connectivity index (χ0) is 23.1. The molecule has 2 aromatic rings. The lowest BCUT2D eigenvalue weighted by Crippen LogP contribution is -2.50. The fourth-order valence-electron chi connectivity index (χ4n) is 3.31. The van der Waals surface area contributed by atoms with Crippen LogP contribution in [0, 0.1) is 10.1 Å². The molecule has 1 aliphatic heterocycles. The first-order valence-electron chi connectivity index (χ1n) is 10.1. The summed E-state index contributed by atoms with van der Waals surface area (Å²) in [6.07, 6.45) is 2.00. The van der Waals surface area contributed by atoms with Gasteiger partial charge in [-0.3, -0.25) is 19.7 Å². The molecule has 9 nitrogen and oxygen atoms in total. The highest BCUT2D eigenvalue weighted by atomic mass is 32.2. The number of hydrogen-bond donors (Lipinski definition) is 1. The van der Waals surface area contributed by atoms with Crippen molar-refractivity contribution in [3.8, 4) is 11.5 Å². The van der Waals surface area contributed by atoms with E-state index in [0.717, 1.165) is 0 Å². The SMILES string of the molecule is CSCCC(NC(=O)c1cccc([N+](=O)[O-])c1)C(=O)N(C)CC1COc2ccccc2O1. The van der Waals surface area contributed by atoms with Crippen molar-refractivity contribution in [2.45, 2.75) is 18.6 Å². The summed E-state index contributed by atoms with van der Waals surface area (Å²) >= 11 is 1.56. The van der Waals surface area contributed by atoms with Crippen LogP contribution in [0.25, 0.3) is 0 Å². The first-order valence-corrected chi connectivity index (χ1v) is 11.5. The van der Waals surface area contributed by atoms with Crippen LogP contribution in [0.3, 0.4) is 0 Å². The molecule has 0 saturated carbocycles. The average Bonchev–Trinajstić information content (AvgIpc) is 2.81. The third-order valence-electron chi connectivity index (χ3n) is 4.95. The van der Waals surface area contributed by atoms with E-state index >= 15 is 0 Å². The number of thioether (sulfide) groups is 1. The van der Waals surface area contributed by atoms with Crippen molar-refractivity contribution in [2.24, 2.45) is 0 Å². The van der Waals surface area contributed by atoms with E-state index in [1.807, 2.05) is 30.5 Å². The predicted molar refractivity (Wildman–Crippen MR) is 121 cm³/mol. The van der Waals surface area contributed by atoms with Crippen molar-refractivity contribution >= 4 is 29.3 Å². The van der Waals surface area contributed by atoms with Gasteiger partial charge in [0.05, 0.1) is 11.5 Å². The van der Waals surface area contributed by atoms with Gasteiger partial charge in [-0.1, -0.05) is 18.2 Å². The molecule has 1 heterocycles. The molecule has 0 radical (unpaired) electrons. The summed E-state index contributed by atoms with van der Waals surface area (Å²) in [5.74, 6) is 1.16. The zero-order valence-electron chi connectivity index (χ0n) is 17.9. The third-order valence-corrected chi connectivity index (χ3v) is 5.60. The monoisotopic (exact) mass is 459 g/mol. The van der Waals surface area contributed by atoms with E-state index in [9.17, 15) is 19.7 Å². The molecular formula is C22H25N3O6S. The second-order valence-corrected chi connectivity index (χ2v) is 8.32. The van der Waals surface area contributed by atoms with Crippen molar-refractivity contribution in [3.05, 3.63) is 64.2 Å². The van der Waals surface area contributed by atoms with Gasteiger partial charge in [-0.05, 0) is 36.6 Å². The number of carbonyl (C=O) groups is 2. The van der Waals surface area contributed by atoms with Crippen LogP contribution in [-0.2, 0) is 4.79 Å². The molecule has 10 heteroatoms. The van der Waals surface area contributed by atoms with Crippen LogP contribution in [0.5, 0.6) is 11.5 Å². The lowest BCUT2D eigenvalue weighted by molar-refractivity contribution is -0.384. The van der Waals surface area contributed by atoms with Gasteiger partial charge in [0.2, 0.25) is 5.91 Å². The van der Waals surface area contributed by atoms with Crippen LogP contribution in [0.4, 0.5) is 5.69 Å². The molecule has 0 aromatic heterocycles. The van der Waals surface area contributed by atoms with Crippen LogP contribution in [0.2, 0.25) is 0 Å². The van der Waals surface area contributed by atoms with Gasteiger partial charge in [-0.15, -0.1) is 0 Å². The third kappa shape index (κ3) is 5.91. The molecule has 2 aromatic carbocycles. The smallest absolute Gasteiger partial charge is 0.270 e. The topological polar surface area (TPSA) is 111 Å². The minimum absolute atomic E-state index is 0.129. The lowest BCUT2D eigenvalue weighted by atomic mass is 10.1. The van der Waals surface area contributed by atoms with Gasteiger partial charge in [0.1, 0.15) is 12.6 Å². The summed E-state index contributed by atoms with van der Waals surface area (Å²) in [4.78, 5) is 37.7. The number of hydrogen-bond acceptors (Lipinski definition) is 7. The van der Waals surface area contributed by atoms with Crippen molar-refractivity contribution in [1.82, 2.24) is 10.2 Å². The number of carbonyl (C=O) groups excluding carboxylic acids is 2. The summed E-state index contributed by atoms with van der Waals surface area (Å²) < 4.78 is 11.6. The summed E-state index contributed by atoms with van der Waals surface area (Å²) in [6.45, 7) is 0.597. The molecule has 0 aliphatic carbocycles. The predicted octanol–water partition coefficient (Wildman–Crippen LogP) is 2.74. The zero-order valence-corrected chi connectivity index (χ0v) is 18.7. The molecule has 0 fully saturated rings. The summed E-state index contributed by atoms with van der Waals surface area (Å²) in [6, 6.07) is 12.0. The van der Waals surface area contributed by atoms with Gasteiger partial charge in [0.15, 0.2) is 17.6 Å². The second kappa shape index (κ2) is 10.9. The molecule has 32 heavy (non-hydrogen) atoms. The van der Waals surface area contributed by atoms with Gasteiger partial charge in [0.25, 0.3) is 11.6 Å². The maximum atomic E-state index is 13.1. The number of nitro groups is 1. The van der Waals surface area contributed by atoms with E-state index in [0.29, 0.717) is 30.3 Å². The average molecular weight is 460 g/mol. The van der Waals surface area contributed by atoms with Gasteiger partial charge in [0, 0.05) is 24.7 Å². The Hall–Kier alpha value is -3.27. The Morgan fingerprint density at radius 2 is 2.00 bits per heavy atom. The van der Waals surface area contributed by atoms with Crippen molar-refractivity contribution in [3.63, 3.8) is 0 Å². The summed E-state index contributed by atoms with van der Waals surface area (Å²) in [7, 11) is 1.65. The molecule has 2 amide bonds. The Labute approximate surface area is 190 Å². The number of nitrogens with zero attached hydrogens (tertiary/aromatic N) is 2. The highest BCUT2D eigenvalue weighted by Crippen LogP contribution is 2.31. The van der Waals surface area contributed by atoms with Crippen molar-refractivity contribution in [2.75, 3.05) is 32.2 Å². The molecule has 3 rings (SSSR count). The maximum absolute atomic E-state index is 13.1. The fourth-order valence-corrected chi connectivity index (χ4v) is 3.78. The standard InChI is InChI=1S/C22H25N3O6S/c1-24(13-17-14-30-19-8-3-4-9-20(19)31-17)22(27)18(10-11-32-2)23-21(26)15-6-5-7-16(12-15)25(28)29/h3-9,12,17-18H,10-11,13-14H2,1-2H3,(H,23,26). The Morgan fingerprint density at radius 3 is 2.72 bits per heavy atom. The number of fused-ring (bicyclic) bond motifs is 1. The van der Waals surface area contributed by atoms with Crippen LogP contribution >= 0.6 is 11.8 Å². The van der Waals surface area contributed by atoms with Crippen LogP contribution in [0.1, 0.15) is 16.8 Å². The Balaban J connectivity index is 1.65. The van der Waals surface area contributed by atoms with Crippen LogP contribution in [-0.4, -0.2) is 66.0 Å². The molecule has 1 N–H and O–H groups in total. The van der Waals surface area contributed by atoms with E-state index in [1.165, 1.54) is 29.2 Å². The summed E-state index contributed by atoms with van der Waals surface area (Å²) in [5.41, 5.74) is -0.0547. The number of rotatable bonds is 9. The molecule has 2 atom stereocenters. The number of nitro benzene ring substituents is 1. The van der Waals surface area contributed by atoms with E-state index in [4.69, 9.17) is 9.47 Å². The van der Waals surface area contributed by atoms with E-state index in [1.54, 1.807) is 18.8 Å². The Morgan fingerprint density at radius 1 is 1.25 bits per heavy atom. The van der Waals surface area contributed by atoms with Gasteiger partial charge in [-0.2, -0.15) is 11.8 Å². The first-order chi connectivity index (χ1) is 15.4. The number of ether oxygens (including phenoxy) is 2. The molecule has 0 bridgehead atoms. The minimum Gasteiger partial charge on any atom is -0.486 e. The fraction of sp³-hybridized carbons (Fsp3) is 0.364. The number of amides is 2. The Bertz CT molecular complexity index is 986. The first kappa shape index (κ1) is 23.4. The largest absolute Gasteiger partial charge is 0.486 e. The van der Waals surface area contributed by atoms with Gasteiger partial charge in [-0.25, -0.2) is 0 Å². The van der Waals surface area contributed by atoms with Crippen LogP contribution < -0.4 is 14.8 Å². The van der Waals surface area contributed by atoms with Gasteiger partial charge < -0.3 is 19.7 Å². The quantitative estimate of drug-likeness (QED) is 0.453. The molecule has 0 saturated heterocycles. The number of benzene rings is 2. The molecule has 0 spiro atoms. The summed E-state index contributed by atoms with van der Waals surface area (Å²) in [5, 5.41) is 13.7. The Kier molecular flexibility index (Phi) is 7.93. The van der Waals surface area contributed by atoms with E-state index in [-0.39, 0.29) is 29.8 Å². The van der Waals surface area contributed by atoms with Crippen LogP contribution in [0.15, 0.2) is 48.5 Å². The normalized spacial score (nSPS) is 15.5. The second-order valence-electron chi connectivity index (χ2n) is 7.33. The molecule has 2 unspecified atom stereocenters. The highest BCUT2D eigenvalue weighted by molar-refractivity contribution is 7.98. The maximum Gasteiger partial charge on any atom is 0.270 e. The van der Waals surface area contributed by atoms with Crippen molar-refractivity contribution in [1.29, 1.82) is 0 Å².